The highest BCUT2D eigenvalue weighted by Crippen LogP contribution is 2.37. The normalized spacial score (nSPS) is 19.5. The highest BCUT2D eigenvalue weighted by atomic mass is 16.5. The van der Waals surface area contributed by atoms with Crippen LogP contribution >= 0.6 is 0 Å². The summed E-state index contributed by atoms with van der Waals surface area (Å²) in [4.78, 5) is 11.9. The molecule has 0 spiro atoms. The average molecular weight is 180 g/mol. The number of carbonyl (C=O) groups is 1. The van der Waals surface area contributed by atoms with Gasteiger partial charge in [0.15, 0.2) is 5.78 Å². The summed E-state index contributed by atoms with van der Waals surface area (Å²) in [7, 11) is 1.59. The van der Waals surface area contributed by atoms with Crippen molar-refractivity contribution in [1.29, 1.82) is 0 Å². The number of Topliss-reactive ketones (excluding diaryl/α,β-unsaturated/α-hetero) is 1. The second-order valence-corrected chi connectivity index (χ2v) is 3.39. The first kappa shape index (κ1) is 8.51. The fourth-order valence-corrected chi connectivity index (χ4v) is 1.68. The summed E-state index contributed by atoms with van der Waals surface area (Å²) in [5.74, 6) is 0.0509. The first-order chi connectivity index (χ1) is 6.28. The molecule has 1 fully saturated rings. The molecule has 0 atom stereocenters. The molecule has 0 radical (unpaired) electrons. The fraction of sp³-hybridized carbons (Fsp3) is 0.500. The first-order valence-electron chi connectivity index (χ1n) is 4.41. The predicted octanol–water partition coefficient (Wildman–Crippen LogP) is 2.03. The van der Waals surface area contributed by atoms with Gasteiger partial charge in [-0.15, -0.1) is 0 Å². The van der Waals surface area contributed by atoms with Gasteiger partial charge in [-0.25, -0.2) is 0 Å². The molecule has 3 heteroatoms. The molecule has 1 heterocycles. The number of methoxy groups -OCH3 is 1. The van der Waals surface area contributed by atoms with Crippen LogP contribution in [0.25, 0.3) is 0 Å². The van der Waals surface area contributed by atoms with Crippen LogP contribution in [0.2, 0.25) is 0 Å². The summed E-state index contributed by atoms with van der Waals surface area (Å²) < 4.78 is 10.1. The van der Waals surface area contributed by atoms with Crippen molar-refractivity contribution in [3.05, 3.63) is 24.2 Å². The Bertz CT molecular complexity index is 290. The van der Waals surface area contributed by atoms with E-state index in [4.69, 9.17) is 9.15 Å². The van der Waals surface area contributed by atoms with Crippen molar-refractivity contribution in [3.63, 3.8) is 0 Å². The van der Waals surface area contributed by atoms with E-state index in [9.17, 15) is 4.79 Å². The molecule has 0 saturated heterocycles. The standard InChI is InChI=1S/C10H12O3/c1-12-10(4-2-5-10)9(11)8-3-6-13-7-8/h3,6-7H,2,4-5H2,1H3. The number of furan rings is 1. The summed E-state index contributed by atoms with van der Waals surface area (Å²) in [6, 6.07) is 1.68. The Morgan fingerprint density at radius 1 is 1.62 bits per heavy atom. The smallest absolute Gasteiger partial charge is 0.197 e. The Balaban J connectivity index is 2.21. The molecule has 0 aromatic carbocycles. The molecule has 0 amide bonds. The molecule has 1 aromatic heterocycles. The van der Waals surface area contributed by atoms with Gasteiger partial charge in [0.2, 0.25) is 0 Å². The third kappa shape index (κ3) is 1.20. The van der Waals surface area contributed by atoms with E-state index in [1.165, 1.54) is 12.5 Å². The van der Waals surface area contributed by atoms with Crippen LogP contribution in [0.5, 0.6) is 0 Å². The SMILES string of the molecule is COC1(C(=O)c2ccoc2)CCC1. The van der Waals surface area contributed by atoms with Crippen molar-refractivity contribution in [2.45, 2.75) is 24.9 Å². The number of rotatable bonds is 3. The van der Waals surface area contributed by atoms with Crippen molar-refractivity contribution >= 4 is 5.78 Å². The maximum absolute atomic E-state index is 11.9. The zero-order valence-corrected chi connectivity index (χ0v) is 7.58. The van der Waals surface area contributed by atoms with Gasteiger partial charge in [0.25, 0.3) is 0 Å². The summed E-state index contributed by atoms with van der Waals surface area (Å²) in [5, 5.41) is 0. The van der Waals surface area contributed by atoms with Crippen LogP contribution in [-0.2, 0) is 4.74 Å². The third-order valence-corrected chi connectivity index (χ3v) is 2.75. The second-order valence-electron chi connectivity index (χ2n) is 3.39. The van der Waals surface area contributed by atoms with Crippen LogP contribution in [0.4, 0.5) is 0 Å². The van der Waals surface area contributed by atoms with Gasteiger partial charge in [-0.2, -0.15) is 0 Å². The Labute approximate surface area is 76.7 Å². The van der Waals surface area contributed by atoms with Crippen molar-refractivity contribution < 1.29 is 13.9 Å². The molecule has 0 N–H and O–H groups in total. The van der Waals surface area contributed by atoms with Crippen LogP contribution < -0.4 is 0 Å². The minimum Gasteiger partial charge on any atom is -0.472 e. The zero-order valence-electron chi connectivity index (χ0n) is 7.58. The highest BCUT2D eigenvalue weighted by molar-refractivity contribution is 6.02. The summed E-state index contributed by atoms with van der Waals surface area (Å²) >= 11 is 0. The summed E-state index contributed by atoms with van der Waals surface area (Å²) in [6.45, 7) is 0. The van der Waals surface area contributed by atoms with E-state index in [2.05, 4.69) is 0 Å². The molecule has 1 saturated carbocycles. The maximum Gasteiger partial charge on any atom is 0.197 e. The van der Waals surface area contributed by atoms with Crippen molar-refractivity contribution in [2.75, 3.05) is 7.11 Å². The molecule has 3 nitrogen and oxygen atoms in total. The van der Waals surface area contributed by atoms with Gasteiger partial charge in [0.1, 0.15) is 11.9 Å². The van der Waals surface area contributed by atoms with Crippen molar-refractivity contribution in [2.24, 2.45) is 0 Å². The van der Waals surface area contributed by atoms with Crippen LogP contribution in [0, 0.1) is 0 Å². The zero-order chi connectivity index (χ0) is 9.31. The van der Waals surface area contributed by atoms with Gasteiger partial charge < -0.3 is 9.15 Å². The number of hydrogen-bond acceptors (Lipinski definition) is 3. The lowest BCUT2D eigenvalue weighted by atomic mass is 9.75. The van der Waals surface area contributed by atoms with E-state index < -0.39 is 5.60 Å². The van der Waals surface area contributed by atoms with Gasteiger partial charge in [-0.3, -0.25) is 4.79 Å². The summed E-state index contributed by atoms with van der Waals surface area (Å²) in [6.07, 6.45) is 5.70. The second kappa shape index (κ2) is 3.00. The van der Waals surface area contributed by atoms with Crippen molar-refractivity contribution in [3.8, 4) is 0 Å². The number of ketones is 1. The van der Waals surface area contributed by atoms with E-state index >= 15 is 0 Å². The minimum atomic E-state index is -0.552. The maximum atomic E-state index is 11.9. The molecule has 13 heavy (non-hydrogen) atoms. The van der Waals surface area contributed by atoms with E-state index in [0.717, 1.165) is 19.3 Å². The lowest BCUT2D eigenvalue weighted by Gasteiger charge is -2.38. The Hall–Kier alpha value is -1.09. The number of hydrogen-bond donors (Lipinski definition) is 0. The van der Waals surface area contributed by atoms with E-state index in [0.29, 0.717) is 5.56 Å². The van der Waals surface area contributed by atoms with E-state index in [1.807, 2.05) is 0 Å². The third-order valence-electron chi connectivity index (χ3n) is 2.75. The molecule has 1 aliphatic carbocycles. The number of carbonyl (C=O) groups excluding carboxylic acids is 1. The van der Waals surface area contributed by atoms with E-state index in [-0.39, 0.29) is 5.78 Å². The Morgan fingerprint density at radius 3 is 2.77 bits per heavy atom. The van der Waals surface area contributed by atoms with Gasteiger partial charge in [0.05, 0.1) is 11.8 Å². The lowest BCUT2D eigenvalue weighted by molar-refractivity contribution is -0.0448. The minimum absolute atomic E-state index is 0.0509. The summed E-state index contributed by atoms with van der Waals surface area (Å²) in [5.41, 5.74) is 0.0608. The monoisotopic (exact) mass is 180 g/mol. The molecule has 70 valence electrons. The molecule has 0 unspecified atom stereocenters. The van der Waals surface area contributed by atoms with Gasteiger partial charge in [0, 0.05) is 7.11 Å². The predicted molar refractivity (Wildman–Crippen MR) is 46.6 cm³/mol. The highest BCUT2D eigenvalue weighted by Gasteiger charge is 2.44. The Kier molecular flexibility index (Phi) is 1.96. The lowest BCUT2D eigenvalue weighted by Crippen LogP contribution is -2.46. The van der Waals surface area contributed by atoms with Gasteiger partial charge >= 0.3 is 0 Å². The fourth-order valence-electron chi connectivity index (χ4n) is 1.68. The number of ether oxygens (including phenoxy) is 1. The average Bonchev–Trinajstić information content (AvgIpc) is 2.54. The van der Waals surface area contributed by atoms with Crippen LogP contribution in [0.3, 0.4) is 0 Å². The Morgan fingerprint density at radius 2 is 2.38 bits per heavy atom. The van der Waals surface area contributed by atoms with Crippen LogP contribution in [0.15, 0.2) is 23.0 Å². The van der Waals surface area contributed by atoms with Crippen molar-refractivity contribution in [1.82, 2.24) is 0 Å². The molecule has 1 aliphatic rings. The molecule has 1 aromatic rings. The quantitative estimate of drug-likeness (QED) is 0.668. The molecule has 2 rings (SSSR count). The molecule has 0 bridgehead atoms. The van der Waals surface area contributed by atoms with Gasteiger partial charge in [-0.05, 0) is 25.3 Å². The molecular weight excluding hydrogens is 168 g/mol. The topological polar surface area (TPSA) is 39.4 Å². The molecule has 0 aliphatic heterocycles. The molecular formula is C10H12O3. The van der Waals surface area contributed by atoms with Crippen LogP contribution in [-0.4, -0.2) is 18.5 Å². The van der Waals surface area contributed by atoms with E-state index in [1.54, 1.807) is 13.2 Å². The first-order valence-corrected chi connectivity index (χ1v) is 4.41. The van der Waals surface area contributed by atoms with Gasteiger partial charge in [-0.1, -0.05) is 0 Å². The largest absolute Gasteiger partial charge is 0.472 e. The van der Waals surface area contributed by atoms with Crippen LogP contribution in [0.1, 0.15) is 29.6 Å².